The van der Waals surface area contributed by atoms with Gasteiger partial charge >= 0.3 is 0 Å². The van der Waals surface area contributed by atoms with Gasteiger partial charge in [-0.1, -0.05) is 12.1 Å². The molecule has 0 aliphatic carbocycles. The fourth-order valence-electron chi connectivity index (χ4n) is 2.67. The summed E-state index contributed by atoms with van der Waals surface area (Å²) < 4.78 is 5.91. The van der Waals surface area contributed by atoms with E-state index in [9.17, 15) is 4.79 Å². The molecule has 0 radical (unpaired) electrons. The van der Waals surface area contributed by atoms with E-state index in [4.69, 9.17) is 4.74 Å². The third kappa shape index (κ3) is 3.54. The van der Waals surface area contributed by atoms with Crippen LogP contribution in [0.1, 0.15) is 10.4 Å². The Labute approximate surface area is 163 Å². The highest BCUT2D eigenvalue weighted by Crippen LogP contribution is 2.21. The SMILES string of the molecule is COc1ccc(-n2nc3ccc(NC(=O)c4ccccc4Br)cc3n2)cc1. The van der Waals surface area contributed by atoms with Crippen molar-refractivity contribution in [2.75, 3.05) is 12.4 Å². The first-order chi connectivity index (χ1) is 13.1. The van der Waals surface area contributed by atoms with Crippen LogP contribution < -0.4 is 10.1 Å². The second kappa shape index (κ2) is 7.20. The first kappa shape index (κ1) is 17.2. The van der Waals surface area contributed by atoms with E-state index in [0.717, 1.165) is 21.4 Å². The summed E-state index contributed by atoms with van der Waals surface area (Å²) in [6.07, 6.45) is 0. The number of amides is 1. The molecular weight excluding hydrogens is 408 g/mol. The summed E-state index contributed by atoms with van der Waals surface area (Å²) in [6.45, 7) is 0. The van der Waals surface area contributed by atoms with Crippen LogP contribution in [-0.2, 0) is 0 Å². The highest BCUT2D eigenvalue weighted by atomic mass is 79.9. The molecule has 1 N–H and O–H groups in total. The normalized spacial score (nSPS) is 10.7. The van der Waals surface area contributed by atoms with Gasteiger partial charge in [-0.15, -0.1) is 10.2 Å². The number of rotatable bonds is 4. The molecule has 6 nitrogen and oxygen atoms in total. The number of methoxy groups -OCH3 is 1. The van der Waals surface area contributed by atoms with E-state index in [-0.39, 0.29) is 5.91 Å². The van der Waals surface area contributed by atoms with E-state index >= 15 is 0 Å². The lowest BCUT2D eigenvalue weighted by Gasteiger charge is -2.06. The molecule has 0 aliphatic heterocycles. The first-order valence-electron chi connectivity index (χ1n) is 8.21. The highest BCUT2D eigenvalue weighted by Gasteiger charge is 2.11. The van der Waals surface area contributed by atoms with Crippen LogP contribution in [0.5, 0.6) is 5.75 Å². The van der Waals surface area contributed by atoms with Gasteiger partial charge in [-0.05, 0) is 70.5 Å². The minimum Gasteiger partial charge on any atom is -0.497 e. The summed E-state index contributed by atoms with van der Waals surface area (Å²) in [6, 6.07) is 20.2. The lowest BCUT2D eigenvalue weighted by atomic mass is 10.2. The van der Waals surface area contributed by atoms with Crippen molar-refractivity contribution in [1.29, 1.82) is 0 Å². The predicted molar refractivity (Wildman–Crippen MR) is 108 cm³/mol. The fourth-order valence-corrected chi connectivity index (χ4v) is 3.13. The molecule has 1 aromatic heterocycles. The van der Waals surface area contributed by atoms with E-state index in [1.807, 2.05) is 54.6 Å². The largest absolute Gasteiger partial charge is 0.497 e. The minimum atomic E-state index is -0.190. The molecule has 134 valence electrons. The zero-order valence-electron chi connectivity index (χ0n) is 14.4. The van der Waals surface area contributed by atoms with Crippen molar-refractivity contribution in [3.05, 3.63) is 76.8 Å². The Bertz CT molecular complexity index is 1120. The molecule has 27 heavy (non-hydrogen) atoms. The van der Waals surface area contributed by atoms with Crippen LogP contribution >= 0.6 is 15.9 Å². The molecule has 0 aliphatic rings. The van der Waals surface area contributed by atoms with Crippen LogP contribution in [0.4, 0.5) is 5.69 Å². The van der Waals surface area contributed by atoms with Crippen LogP contribution in [-0.4, -0.2) is 28.0 Å². The third-order valence-corrected chi connectivity index (χ3v) is 4.75. The minimum absolute atomic E-state index is 0.190. The summed E-state index contributed by atoms with van der Waals surface area (Å²) in [5.74, 6) is 0.580. The predicted octanol–water partition coefficient (Wildman–Crippen LogP) is 4.44. The van der Waals surface area contributed by atoms with Crippen molar-refractivity contribution in [3.63, 3.8) is 0 Å². The van der Waals surface area contributed by atoms with Crippen molar-refractivity contribution < 1.29 is 9.53 Å². The lowest BCUT2D eigenvalue weighted by Crippen LogP contribution is -2.12. The van der Waals surface area contributed by atoms with Crippen LogP contribution in [0.25, 0.3) is 16.7 Å². The Kier molecular flexibility index (Phi) is 4.60. The molecule has 0 saturated heterocycles. The summed E-state index contributed by atoms with van der Waals surface area (Å²) in [5.41, 5.74) is 3.48. The number of anilines is 1. The van der Waals surface area contributed by atoms with E-state index < -0.39 is 0 Å². The Balaban J connectivity index is 1.60. The number of aromatic nitrogens is 3. The number of nitrogens with zero attached hydrogens (tertiary/aromatic N) is 3. The maximum atomic E-state index is 12.5. The molecule has 0 fully saturated rings. The van der Waals surface area contributed by atoms with E-state index in [1.54, 1.807) is 24.0 Å². The Morgan fingerprint density at radius 1 is 1.00 bits per heavy atom. The van der Waals surface area contributed by atoms with Gasteiger partial charge in [0.1, 0.15) is 16.8 Å². The van der Waals surface area contributed by atoms with E-state index in [1.165, 1.54) is 0 Å². The van der Waals surface area contributed by atoms with E-state index in [0.29, 0.717) is 16.8 Å². The molecule has 0 spiro atoms. The number of carbonyl (C=O) groups is 1. The fraction of sp³-hybridized carbons (Fsp3) is 0.0500. The summed E-state index contributed by atoms with van der Waals surface area (Å²) >= 11 is 3.39. The van der Waals surface area contributed by atoms with Gasteiger partial charge in [0, 0.05) is 10.2 Å². The van der Waals surface area contributed by atoms with Crippen LogP contribution in [0.2, 0.25) is 0 Å². The zero-order valence-corrected chi connectivity index (χ0v) is 16.0. The molecule has 4 rings (SSSR count). The van der Waals surface area contributed by atoms with Gasteiger partial charge < -0.3 is 10.1 Å². The summed E-state index contributed by atoms with van der Waals surface area (Å²) in [7, 11) is 1.62. The van der Waals surface area contributed by atoms with Gasteiger partial charge in [-0.3, -0.25) is 4.79 Å². The number of hydrogen-bond donors (Lipinski definition) is 1. The van der Waals surface area contributed by atoms with E-state index in [2.05, 4.69) is 31.4 Å². The van der Waals surface area contributed by atoms with Crippen LogP contribution in [0, 0.1) is 0 Å². The molecule has 4 aromatic rings. The van der Waals surface area contributed by atoms with Gasteiger partial charge in [0.2, 0.25) is 0 Å². The molecule has 0 bridgehead atoms. The molecule has 0 unspecified atom stereocenters. The number of fused-ring (bicyclic) bond motifs is 1. The van der Waals surface area contributed by atoms with Crippen LogP contribution in [0.3, 0.4) is 0 Å². The molecule has 0 saturated carbocycles. The quantitative estimate of drug-likeness (QED) is 0.527. The highest BCUT2D eigenvalue weighted by molar-refractivity contribution is 9.10. The number of halogens is 1. The standard InChI is InChI=1S/C20H15BrN4O2/c1-27-15-9-7-14(8-10-15)25-23-18-11-6-13(12-19(18)24-25)22-20(26)16-4-2-3-5-17(16)21/h2-12H,1H3,(H,22,26). The molecule has 1 heterocycles. The van der Waals surface area contributed by atoms with Crippen molar-refractivity contribution in [2.24, 2.45) is 0 Å². The second-order valence-corrected chi connectivity index (χ2v) is 6.68. The monoisotopic (exact) mass is 422 g/mol. The maximum Gasteiger partial charge on any atom is 0.256 e. The van der Waals surface area contributed by atoms with Crippen molar-refractivity contribution >= 4 is 38.6 Å². The topological polar surface area (TPSA) is 69.0 Å². The number of hydrogen-bond acceptors (Lipinski definition) is 4. The van der Waals surface area contributed by atoms with Crippen molar-refractivity contribution in [3.8, 4) is 11.4 Å². The molecule has 7 heteroatoms. The number of ether oxygens (including phenoxy) is 1. The average molecular weight is 423 g/mol. The summed E-state index contributed by atoms with van der Waals surface area (Å²) in [4.78, 5) is 14.0. The lowest BCUT2D eigenvalue weighted by molar-refractivity contribution is 0.102. The smallest absolute Gasteiger partial charge is 0.256 e. The van der Waals surface area contributed by atoms with Crippen molar-refractivity contribution in [1.82, 2.24) is 15.0 Å². The first-order valence-corrected chi connectivity index (χ1v) is 9.01. The third-order valence-electron chi connectivity index (χ3n) is 4.06. The average Bonchev–Trinajstić information content (AvgIpc) is 3.11. The van der Waals surface area contributed by atoms with Crippen LogP contribution in [0.15, 0.2) is 71.2 Å². The number of benzene rings is 3. The Morgan fingerprint density at radius 3 is 2.48 bits per heavy atom. The molecule has 0 atom stereocenters. The molecule has 3 aromatic carbocycles. The summed E-state index contributed by atoms with van der Waals surface area (Å²) in [5, 5.41) is 11.9. The van der Waals surface area contributed by atoms with Gasteiger partial charge in [0.15, 0.2) is 0 Å². The number of nitrogens with one attached hydrogen (secondary N) is 1. The molecule has 1 amide bonds. The van der Waals surface area contributed by atoms with Gasteiger partial charge in [-0.25, -0.2) is 0 Å². The van der Waals surface area contributed by atoms with Gasteiger partial charge in [0.05, 0.1) is 18.4 Å². The zero-order chi connectivity index (χ0) is 18.8. The van der Waals surface area contributed by atoms with Crippen molar-refractivity contribution in [2.45, 2.75) is 0 Å². The maximum absolute atomic E-state index is 12.5. The van der Waals surface area contributed by atoms with Gasteiger partial charge in [0.25, 0.3) is 5.91 Å². The Hall–Kier alpha value is -3.19. The number of carbonyl (C=O) groups excluding carboxylic acids is 1. The molecular formula is C20H15BrN4O2. The second-order valence-electron chi connectivity index (χ2n) is 5.82. The Morgan fingerprint density at radius 2 is 1.74 bits per heavy atom. The van der Waals surface area contributed by atoms with Gasteiger partial charge in [-0.2, -0.15) is 4.80 Å².